The molecule has 0 heterocycles. The molecule has 0 saturated heterocycles. The van der Waals surface area contributed by atoms with Gasteiger partial charge in [-0.3, -0.25) is 0 Å². The highest BCUT2D eigenvalue weighted by Crippen LogP contribution is 2.31. The summed E-state index contributed by atoms with van der Waals surface area (Å²) in [6, 6.07) is 7.33. The van der Waals surface area contributed by atoms with Crippen LogP contribution in [-0.4, -0.2) is 7.11 Å². The number of benzene rings is 2. The van der Waals surface area contributed by atoms with Crippen molar-refractivity contribution in [2.75, 3.05) is 7.11 Å². The van der Waals surface area contributed by atoms with E-state index in [0.29, 0.717) is 11.3 Å². The van der Waals surface area contributed by atoms with Crippen molar-refractivity contribution in [2.24, 2.45) is 5.73 Å². The molecular formula is C15H13Br2F2NO. The quantitative estimate of drug-likeness (QED) is 0.725. The largest absolute Gasteiger partial charge is 0.496 e. The molecule has 2 N–H and O–H groups in total. The molecule has 0 aliphatic rings. The lowest BCUT2D eigenvalue weighted by atomic mass is 9.98. The van der Waals surface area contributed by atoms with Gasteiger partial charge in [-0.05, 0) is 46.6 Å². The predicted octanol–water partition coefficient (Wildman–Crippen LogP) is 4.74. The van der Waals surface area contributed by atoms with Crippen molar-refractivity contribution in [1.29, 1.82) is 0 Å². The Hall–Kier alpha value is -0.980. The lowest BCUT2D eigenvalue weighted by Gasteiger charge is -2.17. The molecule has 112 valence electrons. The lowest BCUT2D eigenvalue weighted by molar-refractivity contribution is 0.404. The van der Waals surface area contributed by atoms with Crippen molar-refractivity contribution in [3.05, 3.63) is 62.0 Å². The van der Waals surface area contributed by atoms with Gasteiger partial charge in [-0.15, -0.1) is 0 Å². The number of hydrogen-bond acceptors (Lipinski definition) is 2. The standard InChI is InChI=1S/C15H13Br2F2NO/c1-21-14-6-8(16)2-3-9(14)13(20)7-10-12(18)5-4-11(17)15(10)19/h2-6,13H,7,20H2,1H3. The fourth-order valence-electron chi connectivity index (χ4n) is 2.08. The monoisotopic (exact) mass is 419 g/mol. The molecule has 0 aliphatic heterocycles. The summed E-state index contributed by atoms with van der Waals surface area (Å²) in [5.41, 5.74) is 6.75. The van der Waals surface area contributed by atoms with Crippen molar-refractivity contribution in [3.8, 4) is 5.75 Å². The minimum atomic E-state index is -0.624. The number of halogens is 4. The Morgan fingerprint density at radius 2 is 1.90 bits per heavy atom. The van der Waals surface area contributed by atoms with E-state index in [9.17, 15) is 8.78 Å². The second-order valence-electron chi connectivity index (χ2n) is 4.52. The van der Waals surface area contributed by atoms with Gasteiger partial charge in [0.15, 0.2) is 0 Å². The first-order valence-electron chi connectivity index (χ1n) is 6.15. The summed E-state index contributed by atoms with van der Waals surface area (Å²) < 4.78 is 34.1. The molecule has 0 aliphatic carbocycles. The van der Waals surface area contributed by atoms with E-state index in [2.05, 4.69) is 31.9 Å². The lowest BCUT2D eigenvalue weighted by Crippen LogP contribution is -2.16. The van der Waals surface area contributed by atoms with Crippen molar-refractivity contribution >= 4 is 31.9 Å². The van der Waals surface area contributed by atoms with Gasteiger partial charge in [0, 0.05) is 21.6 Å². The zero-order valence-corrected chi connectivity index (χ0v) is 14.3. The molecule has 0 spiro atoms. The molecule has 0 bridgehead atoms. The van der Waals surface area contributed by atoms with Crippen LogP contribution in [0.1, 0.15) is 17.2 Å². The summed E-state index contributed by atoms with van der Waals surface area (Å²) in [5.74, 6) is -0.656. The molecule has 0 amide bonds. The van der Waals surface area contributed by atoms with Crippen LogP contribution >= 0.6 is 31.9 Å². The molecule has 0 aromatic heterocycles. The first kappa shape index (κ1) is 16.4. The van der Waals surface area contributed by atoms with E-state index in [1.807, 2.05) is 6.07 Å². The second kappa shape index (κ2) is 6.85. The average molecular weight is 421 g/mol. The Bertz CT molecular complexity index is 664. The van der Waals surface area contributed by atoms with E-state index in [4.69, 9.17) is 10.5 Å². The van der Waals surface area contributed by atoms with Crippen LogP contribution in [0.2, 0.25) is 0 Å². The van der Waals surface area contributed by atoms with E-state index in [1.165, 1.54) is 19.2 Å². The Balaban J connectivity index is 2.35. The van der Waals surface area contributed by atoms with E-state index in [1.54, 1.807) is 12.1 Å². The van der Waals surface area contributed by atoms with Gasteiger partial charge >= 0.3 is 0 Å². The molecule has 2 nitrogen and oxygen atoms in total. The van der Waals surface area contributed by atoms with Crippen LogP contribution in [0.4, 0.5) is 8.78 Å². The summed E-state index contributed by atoms with van der Waals surface area (Å²) in [4.78, 5) is 0. The first-order valence-corrected chi connectivity index (χ1v) is 7.74. The van der Waals surface area contributed by atoms with Gasteiger partial charge in [0.2, 0.25) is 0 Å². The molecule has 1 unspecified atom stereocenters. The van der Waals surface area contributed by atoms with Gasteiger partial charge in [0.05, 0.1) is 11.6 Å². The van der Waals surface area contributed by atoms with Crippen molar-refractivity contribution in [2.45, 2.75) is 12.5 Å². The Kier molecular flexibility index (Phi) is 5.35. The summed E-state index contributed by atoms with van der Waals surface area (Å²) in [6.45, 7) is 0. The van der Waals surface area contributed by atoms with Crippen LogP contribution in [0.3, 0.4) is 0 Å². The normalized spacial score (nSPS) is 12.3. The van der Waals surface area contributed by atoms with Gasteiger partial charge in [0.25, 0.3) is 0 Å². The Labute approximate surface area is 138 Å². The molecule has 0 fully saturated rings. The minimum absolute atomic E-state index is 0.0368. The van der Waals surface area contributed by atoms with Crippen LogP contribution < -0.4 is 10.5 Å². The van der Waals surface area contributed by atoms with Gasteiger partial charge in [-0.2, -0.15) is 0 Å². The molecule has 21 heavy (non-hydrogen) atoms. The maximum Gasteiger partial charge on any atom is 0.143 e. The van der Waals surface area contributed by atoms with Crippen molar-refractivity contribution < 1.29 is 13.5 Å². The second-order valence-corrected chi connectivity index (χ2v) is 6.29. The molecule has 0 radical (unpaired) electrons. The third-order valence-electron chi connectivity index (χ3n) is 3.16. The number of ether oxygens (including phenoxy) is 1. The highest BCUT2D eigenvalue weighted by Gasteiger charge is 2.19. The number of rotatable bonds is 4. The van der Waals surface area contributed by atoms with Crippen LogP contribution in [0, 0.1) is 11.6 Å². The Morgan fingerprint density at radius 1 is 1.19 bits per heavy atom. The van der Waals surface area contributed by atoms with Crippen LogP contribution in [0.15, 0.2) is 39.3 Å². The molecule has 2 aromatic rings. The summed E-state index contributed by atoms with van der Waals surface area (Å²) >= 11 is 6.39. The molecule has 6 heteroatoms. The van der Waals surface area contributed by atoms with Crippen LogP contribution in [0.5, 0.6) is 5.75 Å². The maximum atomic E-state index is 14.0. The molecular weight excluding hydrogens is 408 g/mol. The first-order chi connectivity index (χ1) is 9.93. The Morgan fingerprint density at radius 3 is 2.57 bits per heavy atom. The van der Waals surface area contributed by atoms with Gasteiger partial charge in [-0.25, -0.2) is 8.78 Å². The SMILES string of the molecule is COc1cc(Br)ccc1C(N)Cc1c(F)ccc(Br)c1F. The van der Waals surface area contributed by atoms with Crippen molar-refractivity contribution in [3.63, 3.8) is 0 Å². The summed E-state index contributed by atoms with van der Waals surface area (Å²) in [5, 5.41) is 0. The third kappa shape index (κ3) is 3.62. The minimum Gasteiger partial charge on any atom is -0.496 e. The van der Waals surface area contributed by atoms with E-state index in [-0.39, 0.29) is 16.5 Å². The van der Waals surface area contributed by atoms with Crippen LogP contribution in [0.25, 0.3) is 0 Å². The third-order valence-corrected chi connectivity index (χ3v) is 4.26. The smallest absolute Gasteiger partial charge is 0.143 e. The fourth-order valence-corrected chi connectivity index (χ4v) is 2.79. The topological polar surface area (TPSA) is 35.2 Å². The molecule has 0 saturated carbocycles. The zero-order chi connectivity index (χ0) is 15.6. The molecule has 1 atom stereocenters. The number of methoxy groups -OCH3 is 1. The highest BCUT2D eigenvalue weighted by molar-refractivity contribution is 9.10. The number of hydrogen-bond donors (Lipinski definition) is 1. The van der Waals surface area contributed by atoms with E-state index >= 15 is 0 Å². The number of nitrogens with two attached hydrogens (primary N) is 1. The fraction of sp³-hybridized carbons (Fsp3) is 0.200. The van der Waals surface area contributed by atoms with Gasteiger partial charge < -0.3 is 10.5 Å². The average Bonchev–Trinajstić information content (AvgIpc) is 2.47. The molecule has 2 rings (SSSR count). The maximum absolute atomic E-state index is 14.0. The van der Waals surface area contributed by atoms with E-state index < -0.39 is 17.7 Å². The van der Waals surface area contributed by atoms with Gasteiger partial charge in [-0.1, -0.05) is 22.0 Å². The van der Waals surface area contributed by atoms with E-state index in [0.717, 1.165) is 4.47 Å². The highest BCUT2D eigenvalue weighted by atomic mass is 79.9. The van der Waals surface area contributed by atoms with Crippen molar-refractivity contribution in [1.82, 2.24) is 0 Å². The summed E-state index contributed by atoms with van der Waals surface area (Å²) in [7, 11) is 1.53. The molecule has 2 aromatic carbocycles. The van der Waals surface area contributed by atoms with Gasteiger partial charge in [0.1, 0.15) is 17.4 Å². The zero-order valence-electron chi connectivity index (χ0n) is 11.2. The summed E-state index contributed by atoms with van der Waals surface area (Å²) in [6.07, 6.45) is 0.0368. The van der Waals surface area contributed by atoms with Crippen LogP contribution in [-0.2, 0) is 6.42 Å². The predicted molar refractivity (Wildman–Crippen MR) is 85.4 cm³/mol.